The molecule has 0 bridgehead atoms. The van der Waals surface area contributed by atoms with E-state index in [0.717, 1.165) is 0 Å². The van der Waals surface area contributed by atoms with Crippen molar-refractivity contribution in [2.24, 2.45) is 11.7 Å². The maximum Gasteiger partial charge on any atom is 0.320 e. The fourth-order valence-corrected chi connectivity index (χ4v) is 0.662. The van der Waals surface area contributed by atoms with E-state index in [9.17, 15) is 14.4 Å². The van der Waals surface area contributed by atoms with Crippen molar-refractivity contribution in [1.29, 1.82) is 0 Å². The number of nitrogens with two attached hydrogens (primary N) is 1. The van der Waals surface area contributed by atoms with Crippen LogP contribution in [0.3, 0.4) is 0 Å². The summed E-state index contributed by atoms with van der Waals surface area (Å²) in [7, 11) is 0. The van der Waals surface area contributed by atoms with Crippen LogP contribution in [0.25, 0.3) is 0 Å². The average Bonchev–Trinajstić information content (AvgIpc) is 1.97. The number of carbonyl (C=O) groups is 3. The first-order chi connectivity index (χ1) is 5.86. The Bertz CT molecular complexity index is 223. The zero-order chi connectivity index (χ0) is 10.6. The van der Waals surface area contributed by atoms with Gasteiger partial charge in [0.25, 0.3) is 0 Å². The largest absolute Gasteiger partial charge is 0.481 e. The second kappa shape index (κ2) is 4.41. The highest BCUT2D eigenvalue weighted by Gasteiger charge is 2.30. The second-order valence-corrected chi connectivity index (χ2v) is 2.41. The van der Waals surface area contributed by atoms with Gasteiger partial charge in [0.1, 0.15) is 6.04 Å². The van der Waals surface area contributed by atoms with Gasteiger partial charge in [-0.2, -0.15) is 0 Å². The van der Waals surface area contributed by atoms with Crippen LogP contribution >= 0.6 is 0 Å². The zero-order valence-corrected chi connectivity index (χ0v) is 6.51. The molecule has 0 aromatic carbocycles. The van der Waals surface area contributed by atoms with Crippen molar-refractivity contribution in [2.75, 3.05) is 0 Å². The highest BCUT2D eigenvalue weighted by Crippen LogP contribution is 2.06. The molecular formula is C6H9NO6. The van der Waals surface area contributed by atoms with E-state index >= 15 is 0 Å². The van der Waals surface area contributed by atoms with Crippen LogP contribution in [0, 0.1) is 5.92 Å². The van der Waals surface area contributed by atoms with Crippen LogP contribution in [-0.4, -0.2) is 39.3 Å². The minimum absolute atomic E-state index is 0.625. The lowest BCUT2D eigenvalue weighted by atomic mass is 10.0. The Morgan fingerprint density at radius 3 is 1.62 bits per heavy atom. The summed E-state index contributed by atoms with van der Waals surface area (Å²) in [6.07, 6.45) is -0.625. The lowest BCUT2D eigenvalue weighted by molar-refractivity contribution is -0.155. The molecule has 5 N–H and O–H groups in total. The molecule has 0 saturated heterocycles. The van der Waals surface area contributed by atoms with Gasteiger partial charge in [0, 0.05) is 0 Å². The Kier molecular flexibility index (Phi) is 3.86. The van der Waals surface area contributed by atoms with Crippen molar-refractivity contribution >= 4 is 17.9 Å². The number of carboxylic acids is 3. The zero-order valence-electron chi connectivity index (χ0n) is 6.51. The predicted octanol–water partition coefficient (Wildman–Crippen LogP) is -1.43. The quantitative estimate of drug-likeness (QED) is 0.391. The van der Waals surface area contributed by atoms with Crippen molar-refractivity contribution in [3.8, 4) is 0 Å². The van der Waals surface area contributed by atoms with Crippen molar-refractivity contribution in [2.45, 2.75) is 12.5 Å². The third-order valence-corrected chi connectivity index (χ3v) is 1.40. The lowest BCUT2D eigenvalue weighted by Gasteiger charge is -2.09. The lowest BCUT2D eigenvalue weighted by Crippen LogP contribution is -2.37. The van der Waals surface area contributed by atoms with Crippen LogP contribution in [0.15, 0.2) is 0 Å². The third kappa shape index (κ3) is 3.52. The summed E-state index contributed by atoms with van der Waals surface area (Å²) in [5.74, 6) is -6.38. The molecule has 0 aliphatic rings. The molecule has 7 heteroatoms. The topological polar surface area (TPSA) is 138 Å². The van der Waals surface area contributed by atoms with Crippen LogP contribution in [0.2, 0.25) is 0 Å². The van der Waals surface area contributed by atoms with E-state index in [4.69, 9.17) is 21.1 Å². The average molecular weight is 191 g/mol. The Balaban J connectivity index is 4.35. The van der Waals surface area contributed by atoms with Gasteiger partial charge in [0.2, 0.25) is 0 Å². The van der Waals surface area contributed by atoms with Crippen LogP contribution in [0.1, 0.15) is 6.42 Å². The van der Waals surface area contributed by atoms with Crippen molar-refractivity contribution in [3.63, 3.8) is 0 Å². The fourth-order valence-electron chi connectivity index (χ4n) is 0.662. The maximum atomic E-state index is 10.3. The number of hydrogen-bond donors (Lipinski definition) is 4. The summed E-state index contributed by atoms with van der Waals surface area (Å²) < 4.78 is 0. The van der Waals surface area contributed by atoms with Crippen molar-refractivity contribution < 1.29 is 29.7 Å². The third-order valence-electron chi connectivity index (χ3n) is 1.40. The van der Waals surface area contributed by atoms with Crippen LogP contribution < -0.4 is 5.73 Å². The molecule has 0 saturated carbocycles. The molecule has 0 aromatic heterocycles. The van der Waals surface area contributed by atoms with E-state index in [0.29, 0.717) is 0 Å². The molecule has 0 heterocycles. The van der Waals surface area contributed by atoms with Gasteiger partial charge < -0.3 is 21.1 Å². The molecule has 0 aromatic rings. The number of aliphatic carboxylic acids is 3. The summed E-state index contributed by atoms with van der Waals surface area (Å²) in [5, 5.41) is 25.0. The van der Waals surface area contributed by atoms with E-state index in [-0.39, 0.29) is 0 Å². The molecule has 0 aliphatic heterocycles. The Morgan fingerprint density at radius 1 is 1.00 bits per heavy atom. The first-order valence-corrected chi connectivity index (χ1v) is 3.30. The molecule has 74 valence electrons. The van der Waals surface area contributed by atoms with Crippen molar-refractivity contribution in [3.05, 3.63) is 0 Å². The first-order valence-electron chi connectivity index (χ1n) is 3.30. The second-order valence-electron chi connectivity index (χ2n) is 2.41. The van der Waals surface area contributed by atoms with Crippen molar-refractivity contribution in [1.82, 2.24) is 0 Å². The normalized spacial score (nSPS) is 12.5. The molecule has 0 unspecified atom stereocenters. The molecule has 0 spiro atoms. The summed E-state index contributed by atoms with van der Waals surface area (Å²) >= 11 is 0. The molecular weight excluding hydrogens is 182 g/mol. The minimum atomic E-state index is -1.77. The van der Waals surface area contributed by atoms with Crippen LogP contribution in [0.5, 0.6) is 0 Å². The van der Waals surface area contributed by atoms with Gasteiger partial charge in [-0.05, 0) is 6.42 Å². The van der Waals surface area contributed by atoms with E-state index in [1.54, 1.807) is 0 Å². The van der Waals surface area contributed by atoms with Gasteiger partial charge in [-0.3, -0.25) is 14.4 Å². The SMILES string of the molecule is N[C@H](CC(C(=O)O)C(=O)O)C(=O)O. The number of rotatable bonds is 5. The van der Waals surface area contributed by atoms with Crippen LogP contribution in [-0.2, 0) is 14.4 Å². The molecule has 0 fully saturated rings. The molecule has 7 nitrogen and oxygen atoms in total. The molecule has 0 aliphatic carbocycles. The van der Waals surface area contributed by atoms with Gasteiger partial charge >= 0.3 is 17.9 Å². The summed E-state index contributed by atoms with van der Waals surface area (Å²) in [6.45, 7) is 0. The van der Waals surface area contributed by atoms with Gasteiger partial charge in [0.05, 0.1) is 0 Å². The molecule has 1 atom stereocenters. The predicted molar refractivity (Wildman–Crippen MR) is 39.0 cm³/mol. The number of carboxylic acid groups (broad SMARTS) is 3. The monoisotopic (exact) mass is 191 g/mol. The van der Waals surface area contributed by atoms with E-state index in [1.807, 2.05) is 0 Å². The van der Waals surface area contributed by atoms with Gasteiger partial charge in [-0.15, -0.1) is 0 Å². The van der Waals surface area contributed by atoms with E-state index in [1.165, 1.54) is 0 Å². The smallest absolute Gasteiger partial charge is 0.320 e. The highest BCUT2D eigenvalue weighted by molar-refractivity contribution is 5.93. The fraction of sp³-hybridized carbons (Fsp3) is 0.500. The van der Waals surface area contributed by atoms with Crippen LogP contribution in [0.4, 0.5) is 0 Å². The first kappa shape index (κ1) is 11.4. The van der Waals surface area contributed by atoms with Gasteiger partial charge in [-0.1, -0.05) is 0 Å². The molecule has 0 amide bonds. The molecule has 0 rings (SSSR count). The Hall–Kier alpha value is -1.63. The summed E-state index contributed by atoms with van der Waals surface area (Å²) in [4.78, 5) is 30.7. The Labute approximate surface area is 72.8 Å². The number of hydrogen-bond acceptors (Lipinski definition) is 4. The summed E-state index contributed by atoms with van der Waals surface area (Å²) in [6, 6.07) is -1.47. The standard InChI is InChI=1S/C6H9NO6/c7-3(6(12)13)1-2(4(8)9)5(10)11/h2-3H,1,7H2,(H,8,9)(H,10,11)(H,12,13)/t3-/m1/s1. The Morgan fingerprint density at radius 2 is 1.38 bits per heavy atom. The summed E-state index contributed by atoms with van der Waals surface area (Å²) in [5.41, 5.74) is 4.97. The molecule has 0 radical (unpaired) electrons. The van der Waals surface area contributed by atoms with Gasteiger partial charge in [0.15, 0.2) is 5.92 Å². The van der Waals surface area contributed by atoms with E-state index < -0.39 is 36.3 Å². The minimum Gasteiger partial charge on any atom is -0.481 e. The maximum absolute atomic E-state index is 10.3. The highest BCUT2D eigenvalue weighted by atomic mass is 16.4. The van der Waals surface area contributed by atoms with Gasteiger partial charge in [-0.25, -0.2) is 0 Å². The molecule has 13 heavy (non-hydrogen) atoms. The van der Waals surface area contributed by atoms with E-state index in [2.05, 4.69) is 0 Å².